The van der Waals surface area contributed by atoms with Gasteiger partial charge in [0.15, 0.2) is 0 Å². The maximum absolute atomic E-state index is 14.3. The number of carboxylic acids is 1. The zero-order valence-electron chi connectivity index (χ0n) is 13.6. The minimum atomic E-state index is -1.19. The molecule has 3 rings (SSSR count). The van der Waals surface area contributed by atoms with Crippen molar-refractivity contribution < 1.29 is 23.5 Å². The molecule has 0 aromatic heterocycles. The number of piperidine rings is 1. The third kappa shape index (κ3) is 2.48. The van der Waals surface area contributed by atoms with Gasteiger partial charge in [0, 0.05) is 18.7 Å². The van der Waals surface area contributed by atoms with Crippen LogP contribution in [0.2, 0.25) is 0 Å². The van der Waals surface area contributed by atoms with Gasteiger partial charge in [-0.1, -0.05) is 12.5 Å². The Kier molecular flexibility index (Phi) is 4.10. The average Bonchev–Trinajstić information content (AvgIpc) is 2.48. The number of benzene rings is 1. The predicted octanol–water partition coefficient (Wildman–Crippen LogP) is 3.10. The van der Waals surface area contributed by atoms with Crippen LogP contribution in [-0.4, -0.2) is 35.0 Å². The van der Waals surface area contributed by atoms with E-state index < -0.39 is 28.4 Å². The smallest absolute Gasteiger partial charge is 0.311 e. The van der Waals surface area contributed by atoms with Gasteiger partial charge in [0.1, 0.15) is 11.6 Å². The highest BCUT2D eigenvalue weighted by atomic mass is 19.1. The normalized spacial score (nSPS) is 25.9. The highest BCUT2D eigenvalue weighted by Crippen LogP contribution is 2.48. The number of aliphatic carboxylic acids is 1. The zero-order chi connectivity index (χ0) is 17.5. The lowest BCUT2D eigenvalue weighted by molar-refractivity contribution is -0.156. The molecule has 24 heavy (non-hydrogen) atoms. The Morgan fingerprint density at radius 2 is 1.75 bits per heavy atom. The molecule has 1 aromatic carbocycles. The maximum atomic E-state index is 14.3. The molecule has 0 bridgehead atoms. The molecular weight excluding hydrogens is 316 g/mol. The first-order chi connectivity index (χ1) is 11.3. The van der Waals surface area contributed by atoms with Gasteiger partial charge in [-0.05, 0) is 44.7 Å². The second-order valence-corrected chi connectivity index (χ2v) is 7.23. The molecule has 1 N–H and O–H groups in total. The van der Waals surface area contributed by atoms with E-state index in [-0.39, 0.29) is 18.0 Å². The van der Waals surface area contributed by atoms with Crippen molar-refractivity contribution in [2.24, 2.45) is 5.41 Å². The van der Waals surface area contributed by atoms with Gasteiger partial charge in [0.05, 0.1) is 10.8 Å². The van der Waals surface area contributed by atoms with E-state index in [4.69, 9.17) is 0 Å². The summed E-state index contributed by atoms with van der Waals surface area (Å²) in [6, 6.07) is 3.63. The Labute approximate surface area is 139 Å². The van der Waals surface area contributed by atoms with Crippen LogP contribution in [0, 0.1) is 17.0 Å². The molecule has 0 radical (unpaired) electrons. The fourth-order valence-corrected chi connectivity index (χ4v) is 3.95. The number of nitrogens with zero attached hydrogens (tertiary/aromatic N) is 1. The van der Waals surface area contributed by atoms with E-state index in [1.54, 1.807) is 6.92 Å². The number of likely N-dealkylation sites (tertiary alicyclic amines) is 1. The van der Waals surface area contributed by atoms with Crippen molar-refractivity contribution in [3.8, 4) is 0 Å². The van der Waals surface area contributed by atoms with E-state index in [0.717, 1.165) is 6.42 Å². The van der Waals surface area contributed by atoms with Crippen LogP contribution >= 0.6 is 0 Å². The quantitative estimate of drug-likeness (QED) is 0.922. The maximum Gasteiger partial charge on any atom is 0.311 e. The molecule has 1 aliphatic carbocycles. The van der Waals surface area contributed by atoms with Crippen molar-refractivity contribution in [2.75, 3.05) is 13.1 Å². The van der Waals surface area contributed by atoms with Gasteiger partial charge in [-0.2, -0.15) is 0 Å². The second-order valence-electron chi connectivity index (χ2n) is 7.23. The lowest BCUT2D eigenvalue weighted by atomic mass is 9.62. The molecule has 1 aliphatic heterocycles. The van der Waals surface area contributed by atoms with Crippen molar-refractivity contribution in [1.82, 2.24) is 4.90 Å². The van der Waals surface area contributed by atoms with Crippen molar-refractivity contribution in [3.05, 3.63) is 35.4 Å². The summed E-state index contributed by atoms with van der Waals surface area (Å²) in [6.07, 6.45) is 2.58. The zero-order valence-corrected chi connectivity index (χ0v) is 13.6. The number of halogens is 2. The van der Waals surface area contributed by atoms with Crippen molar-refractivity contribution >= 4 is 11.9 Å². The number of hydrogen-bond acceptors (Lipinski definition) is 2. The number of amides is 1. The van der Waals surface area contributed by atoms with Gasteiger partial charge in [0.25, 0.3) is 0 Å². The lowest BCUT2D eigenvalue weighted by Crippen LogP contribution is -2.57. The summed E-state index contributed by atoms with van der Waals surface area (Å²) in [6.45, 7) is 2.13. The minimum absolute atomic E-state index is 0.0823. The second kappa shape index (κ2) is 5.83. The fourth-order valence-electron chi connectivity index (χ4n) is 3.95. The summed E-state index contributed by atoms with van der Waals surface area (Å²) in [4.78, 5) is 26.1. The highest BCUT2D eigenvalue weighted by Gasteiger charge is 2.52. The monoisotopic (exact) mass is 337 g/mol. The Morgan fingerprint density at radius 3 is 2.25 bits per heavy atom. The summed E-state index contributed by atoms with van der Waals surface area (Å²) in [5.41, 5.74) is -2.36. The number of carbonyl (C=O) groups is 2. The molecule has 1 amide bonds. The molecule has 1 atom stereocenters. The third-order valence-electron chi connectivity index (χ3n) is 5.56. The third-order valence-corrected chi connectivity index (χ3v) is 5.56. The van der Waals surface area contributed by atoms with Gasteiger partial charge in [-0.25, -0.2) is 8.78 Å². The highest BCUT2D eigenvalue weighted by molar-refractivity contribution is 5.90. The summed E-state index contributed by atoms with van der Waals surface area (Å²) in [5.74, 6) is -2.70. The molecule has 1 unspecified atom stereocenters. The number of carboxylic acid groups (broad SMARTS) is 1. The summed E-state index contributed by atoms with van der Waals surface area (Å²) in [5, 5.41) is 9.42. The summed E-state index contributed by atoms with van der Waals surface area (Å²) < 4.78 is 28.5. The Hall–Kier alpha value is -1.98. The van der Waals surface area contributed by atoms with Gasteiger partial charge in [0.2, 0.25) is 5.91 Å². The molecule has 130 valence electrons. The molecule has 1 saturated heterocycles. The molecule has 2 aliphatic rings. The van der Waals surface area contributed by atoms with Crippen LogP contribution in [0.1, 0.15) is 44.6 Å². The molecule has 1 saturated carbocycles. The average molecular weight is 337 g/mol. The van der Waals surface area contributed by atoms with E-state index in [1.807, 2.05) is 0 Å². The van der Waals surface area contributed by atoms with Crippen molar-refractivity contribution in [3.63, 3.8) is 0 Å². The van der Waals surface area contributed by atoms with Gasteiger partial charge >= 0.3 is 5.97 Å². The minimum Gasteiger partial charge on any atom is -0.481 e. The van der Waals surface area contributed by atoms with Gasteiger partial charge < -0.3 is 10.0 Å². The van der Waals surface area contributed by atoms with Crippen molar-refractivity contribution in [1.29, 1.82) is 0 Å². The summed E-state index contributed by atoms with van der Waals surface area (Å²) >= 11 is 0. The fraction of sp³-hybridized carbons (Fsp3) is 0.556. The lowest BCUT2D eigenvalue weighted by Gasteiger charge is -2.47. The Balaban J connectivity index is 1.94. The standard InChI is InChI=1S/C18H21F2NO3/c1-17(16(23)24)7-4-10-21(11-17)15(22)18(8-3-9-18)14-12(19)5-2-6-13(14)20/h2,5-6H,3-4,7-11H2,1H3,(H,23,24). The molecular formula is C18H21F2NO3. The van der Waals surface area contributed by atoms with Gasteiger partial charge in [-0.3, -0.25) is 9.59 Å². The van der Waals surface area contributed by atoms with E-state index in [9.17, 15) is 23.5 Å². The van der Waals surface area contributed by atoms with Crippen LogP contribution in [0.25, 0.3) is 0 Å². The van der Waals surface area contributed by atoms with Crippen LogP contribution in [0.3, 0.4) is 0 Å². The first-order valence-corrected chi connectivity index (χ1v) is 8.27. The number of hydrogen-bond donors (Lipinski definition) is 1. The first-order valence-electron chi connectivity index (χ1n) is 8.27. The van der Waals surface area contributed by atoms with Crippen LogP contribution in [0.4, 0.5) is 8.78 Å². The van der Waals surface area contributed by atoms with Gasteiger partial charge in [-0.15, -0.1) is 0 Å². The summed E-state index contributed by atoms with van der Waals surface area (Å²) in [7, 11) is 0. The van der Waals surface area contributed by atoms with E-state index in [1.165, 1.54) is 23.1 Å². The van der Waals surface area contributed by atoms with E-state index >= 15 is 0 Å². The number of carbonyl (C=O) groups excluding carboxylic acids is 1. The molecule has 6 heteroatoms. The van der Waals surface area contributed by atoms with E-state index in [2.05, 4.69) is 0 Å². The molecule has 4 nitrogen and oxygen atoms in total. The number of rotatable bonds is 3. The molecule has 1 heterocycles. The largest absolute Gasteiger partial charge is 0.481 e. The van der Waals surface area contributed by atoms with E-state index in [0.29, 0.717) is 32.2 Å². The van der Waals surface area contributed by atoms with Crippen LogP contribution < -0.4 is 0 Å². The van der Waals surface area contributed by atoms with Crippen molar-refractivity contribution in [2.45, 2.75) is 44.4 Å². The topological polar surface area (TPSA) is 57.6 Å². The first kappa shape index (κ1) is 16.9. The molecule has 2 fully saturated rings. The van der Waals surface area contributed by atoms with Crippen LogP contribution in [0.15, 0.2) is 18.2 Å². The Bertz CT molecular complexity index is 667. The predicted molar refractivity (Wildman–Crippen MR) is 83.4 cm³/mol. The Morgan fingerprint density at radius 1 is 1.12 bits per heavy atom. The SMILES string of the molecule is CC1(C(=O)O)CCCN(C(=O)C2(c3c(F)cccc3F)CCC2)C1. The van der Waals surface area contributed by atoms with Crippen LogP contribution in [-0.2, 0) is 15.0 Å². The molecule has 0 spiro atoms. The molecule has 1 aromatic rings. The van der Waals surface area contributed by atoms with Crippen LogP contribution in [0.5, 0.6) is 0 Å².